The minimum absolute atomic E-state index is 0. The highest BCUT2D eigenvalue weighted by molar-refractivity contribution is 5.85. The summed E-state index contributed by atoms with van der Waals surface area (Å²) in [6.07, 6.45) is 8.08. The molecule has 6 heteroatoms. The van der Waals surface area contributed by atoms with Crippen LogP contribution in [0.5, 0.6) is 0 Å². The van der Waals surface area contributed by atoms with Crippen LogP contribution in [0, 0.1) is 17.8 Å². The van der Waals surface area contributed by atoms with Crippen LogP contribution in [0.2, 0.25) is 0 Å². The second-order valence-corrected chi connectivity index (χ2v) is 7.77. The molecule has 5 fully saturated rings. The average Bonchev–Trinajstić information content (AvgIpc) is 2.37. The Kier molecular flexibility index (Phi) is 6.03. The summed E-state index contributed by atoms with van der Waals surface area (Å²) in [5, 5.41) is 6.81. The van der Waals surface area contributed by atoms with Crippen LogP contribution in [0.3, 0.4) is 0 Å². The van der Waals surface area contributed by atoms with E-state index in [0.717, 1.165) is 43.9 Å². The Labute approximate surface area is 146 Å². The summed E-state index contributed by atoms with van der Waals surface area (Å²) >= 11 is 0. The molecule has 0 radical (unpaired) electrons. The maximum absolute atomic E-state index is 12.4. The third kappa shape index (κ3) is 3.72. The number of rotatable bonds is 3. The molecule has 4 bridgehead atoms. The number of nitrogens with one attached hydrogen (secondary N) is 2. The van der Waals surface area contributed by atoms with E-state index in [2.05, 4.69) is 15.5 Å². The standard InChI is InChI=1S/C16H27N3O.2ClH/c20-15(11-19-3-1-17-2-4-19)18-16-8-12-5-13(9-16)7-14(6-12)10-16;;/h12-14,17H,1-11H2,(H,18,20);2*1H. The van der Waals surface area contributed by atoms with Gasteiger partial charge in [-0.2, -0.15) is 0 Å². The highest BCUT2D eigenvalue weighted by Crippen LogP contribution is 2.55. The summed E-state index contributed by atoms with van der Waals surface area (Å²) in [5.74, 6) is 2.98. The van der Waals surface area contributed by atoms with Gasteiger partial charge in [-0.05, 0) is 56.3 Å². The second-order valence-electron chi connectivity index (χ2n) is 7.77. The number of carbonyl (C=O) groups excluding carboxylic acids is 1. The first kappa shape index (κ1) is 18.3. The van der Waals surface area contributed by atoms with Crippen molar-refractivity contribution in [1.29, 1.82) is 0 Å². The van der Waals surface area contributed by atoms with E-state index in [1.807, 2.05) is 0 Å². The van der Waals surface area contributed by atoms with Crippen LogP contribution in [-0.2, 0) is 4.79 Å². The topological polar surface area (TPSA) is 44.4 Å². The van der Waals surface area contributed by atoms with Crippen molar-refractivity contribution in [2.24, 2.45) is 17.8 Å². The Bertz CT molecular complexity index is 364. The predicted molar refractivity (Wildman–Crippen MR) is 92.9 cm³/mol. The number of nitrogens with zero attached hydrogens (tertiary/aromatic N) is 1. The Hall–Kier alpha value is -0.0300. The third-order valence-corrected chi connectivity index (χ3v) is 6.02. The Morgan fingerprint density at radius 1 is 1.00 bits per heavy atom. The molecule has 1 saturated heterocycles. The number of halogens is 2. The zero-order valence-electron chi connectivity index (χ0n) is 13.2. The van der Waals surface area contributed by atoms with Gasteiger partial charge in [0, 0.05) is 31.7 Å². The van der Waals surface area contributed by atoms with E-state index in [4.69, 9.17) is 0 Å². The molecule has 4 nitrogen and oxygen atoms in total. The van der Waals surface area contributed by atoms with Crippen molar-refractivity contribution in [3.8, 4) is 0 Å². The summed E-state index contributed by atoms with van der Waals surface area (Å²) in [7, 11) is 0. The highest BCUT2D eigenvalue weighted by atomic mass is 35.5. The minimum Gasteiger partial charge on any atom is -0.350 e. The van der Waals surface area contributed by atoms with Gasteiger partial charge in [-0.25, -0.2) is 0 Å². The first-order valence-corrected chi connectivity index (χ1v) is 8.45. The van der Waals surface area contributed by atoms with Crippen LogP contribution in [0.1, 0.15) is 38.5 Å². The van der Waals surface area contributed by atoms with Gasteiger partial charge in [-0.1, -0.05) is 0 Å². The van der Waals surface area contributed by atoms with Gasteiger partial charge < -0.3 is 10.6 Å². The van der Waals surface area contributed by atoms with Gasteiger partial charge >= 0.3 is 0 Å². The highest BCUT2D eigenvalue weighted by Gasteiger charge is 2.51. The number of piperazine rings is 1. The SMILES string of the molecule is Cl.Cl.O=C(CN1CCNCC1)NC12CC3CC(CC(C3)C1)C2. The lowest BCUT2D eigenvalue weighted by molar-refractivity contribution is -0.128. The van der Waals surface area contributed by atoms with E-state index in [1.165, 1.54) is 38.5 Å². The molecule has 5 rings (SSSR count). The molecular formula is C16H29Cl2N3O. The van der Waals surface area contributed by atoms with Crippen molar-refractivity contribution in [3.05, 3.63) is 0 Å². The average molecular weight is 350 g/mol. The fourth-order valence-electron chi connectivity index (χ4n) is 5.67. The van der Waals surface area contributed by atoms with Crippen LogP contribution in [-0.4, -0.2) is 49.1 Å². The summed E-state index contributed by atoms with van der Waals surface area (Å²) in [6.45, 7) is 4.65. The second kappa shape index (κ2) is 7.25. The molecule has 4 aliphatic carbocycles. The predicted octanol–water partition coefficient (Wildman–Crippen LogP) is 1.82. The van der Waals surface area contributed by atoms with Gasteiger partial charge in [0.2, 0.25) is 5.91 Å². The van der Waals surface area contributed by atoms with Crippen molar-refractivity contribution in [2.75, 3.05) is 32.7 Å². The maximum Gasteiger partial charge on any atom is 0.234 e. The monoisotopic (exact) mass is 349 g/mol. The van der Waals surface area contributed by atoms with Crippen LogP contribution < -0.4 is 10.6 Å². The maximum atomic E-state index is 12.4. The molecule has 4 saturated carbocycles. The fraction of sp³-hybridized carbons (Fsp3) is 0.938. The van der Waals surface area contributed by atoms with E-state index in [-0.39, 0.29) is 36.3 Å². The molecule has 0 spiro atoms. The molecule has 0 unspecified atom stereocenters. The van der Waals surface area contributed by atoms with E-state index < -0.39 is 0 Å². The Balaban J connectivity index is 0.000000882. The molecule has 22 heavy (non-hydrogen) atoms. The van der Waals surface area contributed by atoms with Gasteiger partial charge in [0.05, 0.1) is 6.54 Å². The van der Waals surface area contributed by atoms with Crippen molar-refractivity contribution in [2.45, 2.75) is 44.1 Å². The van der Waals surface area contributed by atoms with Crippen molar-refractivity contribution < 1.29 is 4.79 Å². The summed E-state index contributed by atoms with van der Waals surface area (Å²) in [5.41, 5.74) is 0.180. The Morgan fingerprint density at radius 2 is 1.50 bits per heavy atom. The molecule has 1 aliphatic heterocycles. The first-order valence-electron chi connectivity index (χ1n) is 8.45. The van der Waals surface area contributed by atoms with Crippen LogP contribution >= 0.6 is 24.8 Å². The molecule has 0 aromatic carbocycles. The first-order chi connectivity index (χ1) is 9.71. The third-order valence-electron chi connectivity index (χ3n) is 6.02. The summed E-state index contributed by atoms with van der Waals surface area (Å²) in [6, 6.07) is 0. The lowest BCUT2D eigenvalue weighted by Crippen LogP contribution is -2.61. The molecule has 0 aromatic rings. The summed E-state index contributed by atoms with van der Waals surface area (Å²) in [4.78, 5) is 14.7. The Morgan fingerprint density at radius 3 is 2.00 bits per heavy atom. The number of carbonyl (C=O) groups is 1. The molecule has 0 aromatic heterocycles. The van der Waals surface area contributed by atoms with E-state index in [0.29, 0.717) is 6.54 Å². The van der Waals surface area contributed by atoms with Crippen molar-refractivity contribution in [3.63, 3.8) is 0 Å². The fourth-order valence-corrected chi connectivity index (χ4v) is 5.67. The van der Waals surface area contributed by atoms with E-state index >= 15 is 0 Å². The number of hydrogen-bond acceptors (Lipinski definition) is 3. The molecule has 128 valence electrons. The lowest BCUT2D eigenvalue weighted by atomic mass is 9.53. The molecule has 0 atom stereocenters. The number of amides is 1. The molecule has 2 N–H and O–H groups in total. The summed E-state index contributed by atoms with van der Waals surface area (Å²) < 4.78 is 0. The molecule has 5 aliphatic rings. The van der Waals surface area contributed by atoms with Crippen LogP contribution in [0.15, 0.2) is 0 Å². The van der Waals surface area contributed by atoms with E-state index in [9.17, 15) is 4.79 Å². The van der Waals surface area contributed by atoms with E-state index in [1.54, 1.807) is 0 Å². The number of hydrogen-bond donors (Lipinski definition) is 2. The van der Waals surface area contributed by atoms with Gasteiger partial charge in [-0.3, -0.25) is 9.69 Å². The molecular weight excluding hydrogens is 321 g/mol. The lowest BCUT2D eigenvalue weighted by Gasteiger charge is -2.57. The van der Waals surface area contributed by atoms with Gasteiger partial charge in [0.25, 0.3) is 0 Å². The van der Waals surface area contributed by atoms with Crippen molar-refractivity contribution in [1.82, 2.24) is 15.5 Å². The van der Waals surface area contributed by atoms with Crippen LogP contribution in [0.4, 0.5) is 0 Å². The zero-order chi connectivity index (χ0) is 13.6. The van der Waals surface area contributed by atoms with Gasteiger partial charge in [0.15, 0.2) is 0 Å². The molecule has 1 amide bonds. The largest absolute Gasteiger partial charge is 0.350 e. The normalized spacial score (nSPS) is 39.7. The van der Waals surface area contributed by atoms with Gasteiger partial charge in [0.1, 0.15) is 0 Å². The minimum atomic E-state index is 0. The van der Waals surface area contributed by atoms with Gasteiger partial charge in [-0.15, -0.1) is 24.8 Å². The van der Waals surface area contributed by atoms with Crippen molar-refractivity contribution >= 4 is 30.7 Å². The van der Waals surface area contributed by atoms with Crippen LogP contribution in [0.25, 0.3) is 0 Å². The smallest absolute Gasteiger partial charge is 0.234 e. The zero-order valence-corrected chi connectivity index (χ0v) is 14.8. The quantitative estimate of drug-likeness (QED) is 0.816. The molecule has 1 heterocycles.